The van der Waals surface area contributed by atoms with Gasteiger partial charge in [0.15, 0.2) is 0 Å². The van der Waals surface area contributed by atoms with E-state index in [0.717, 1.165) is 18.7 Å². The molecule has 1 fully saturated rings. The molecule has 5 heteroatoms. The van der Waals surface area contributed by atoms with Crippen LogP contribution in [0.15, 0.2) is 24.3 Å². The highest BCUT2D eigenvalue weighted by molar-refractivity contribution is 8.00. The molecule has 1 saturated heterocycles. The average molecular weight is 302 g/mol. The SMILES string of the molecule is CC1(CNCc2cccc(C(=O)O)c2)CCCS1.Cl. The molecule has 2 rings (SSSR count). The van der Waals surface area contributed by atoms with Crippen molar-refractivity contribution in [1.82, 2.24) is 5.32 Å². The number of hydrogen-bond acceptors (Lipinski definition) is 3. The van der Waals surface area contributed by atoms with Crippen LogP contribution in [0.1, 0.15) is 35.7 Å². The maximum absolute atomic E-state index is 10.9. The van der Waals surface area contributed by atoms with Crippen LogP contribution in [-0.2, 0) is 6.54 Å². The van der Waals surface area contributed by atoms with Crippen molar-refractivity contribution in [3.05, 3.63) is 35.4 Å². The molecule has 1 aromatic rings. The number of thioether (sulfide) groups is 1. The van der Waals surface area contributed by atoms with Gasteiger partial charge in [-0.2, -0.15) is 11.8 Å². The monoisotopic (exact) mass is 301 g/mol. The average Bonchev–Trinajstić information content (AvgIpc) is 2.77. The van der Waals surface area contributed by atoms with Crippen LogP contribution in [0.4, 0.5) is 0 Å². The van der Waals surface area contributed by atoms with Gasteiger partial charge in [0.1, 0.15) is 0 Å². The number of carboxylic acid groups (broad SMARTS) is 1. The van der Waals surface area contributed by atoms with Gasteiger partial charge in [0.05, 0.1) is 5.56 Å². The van der Waals surface area contributed by atoms with E-state index in [4.69, 9.17) is 5.11 Å². The summed E-state index contributed by atoms with van der Waals surface area (Å²) in [5.74, 6) is 0.391. The number of rotatable bonds is 5. The predicted molar refractivity (Wildman–Crippen MR) is 82.5 cm³/mol. The molecule has 106 valence electrons. The van der Waals surface area contributed by atoms with Crippen LogP contribution in [0.3, 0.4) is 0 Å². The molecule has 0 saturated carbocycles. The fourth-order valence-electron chi connectivity index (χ4n) is 2.26. The Hall–Kier alpha value is -0.710. The molecule has 1 aliphatic heterocycles. The third-order valence-electron chi connectivity index (χ3n) is 3.30. The van der Waals surface area contributed by atoms with Gasteiger partial charge in [-0.15, -0.1) is 12.4 Å². The molecule has 1 aliphatic rings. The first-order valence-electron chi connectivity index (χ1n) is 6.26. The Morgan fingerprint density at radius 3 is 2.95 bits per heavy atom. The van der Waals surface area contributed by atoms with E-state index in [2.05, 4.69) is 12.2 Å². The van der Waals surface area contributed by atoms with E-state index in [9.17, 15) is 4.79 Å². The Balaban J connectivity index is 0.00000180. The molecule has 0 amide bonds. The Morgan fingerprint density at radius 1 is 1.53 bits per heavy atom. The number of nitrogens with one attached hydrogen (secondary N) is 1. The number of carbonyl (C=O) groups is 1. The second-order valence-electron chi connectivity index (χ2n) is 5.01. The lowest BCUT2D eigenvalue weighted by atomic mass is 10.1. The summed E-state index contributed by atoms with van der Waals surface area (Å²) in [6.07, 6.45) is 2.57. The summed E-state index contributed by atoms with van der Waals surface area (Å²) < 4.78 is 0.352. The molecular formula is C14H20ClNO2S. The lowest BCUT2D eigenvalue weighted by molar-refractivity contribution is 0.0696. The minimum Gasteiger partial charge on any atom is -0.478 e. The van der Waals surface area contributed by atoms with Crippen molar-refractivity contribution in [2.24, 2.45) is 0 Å². The van der Waals surface area contributed by atoms with Crippen LogP contribution in [0.25, 0.3) is 0 Å². The minimum absolute atomic E-state index is 0. The van der Waals surface area contributed by atoms with Gasteiger partial charge < -0.3 is 10.4 Å². The smallest absolute Gasteiger partial charge is 0.335 e. The number of hydrogen-bond donors (Lipinski definition) is 2. The van der Waals surface area contributed by atoms with Gasteiger partial charge in [-0.3, -0.25) is 0 Å². The fourth-order valence-corrected chi connectivity index (χ4v) is 3.54. The third kappa shape index (κ3) is 4.71. The molecule has 1 atom stereocenters. The molecule has 1 aromatic carbocycles. The molecular weight excluding hydrogens is 282 g/mol. The first-order valence-corrected chi connectivity index (χ1v) is 7.25. The summed E-state index contributed by atoms with van der Waals surface area (Å²) in [4.78, 5) is 10.9. The van der Waals surface area contributed by atoms with E-state index in [1.54, 1.807) is 18.2 Å². The minimum atomic E-state index is -0.866. The second kappa shape index (κ2) is 7.17. The zero-order valence-corrected chi connectivity index (χ0v) is 12.6. The van der Waals surface area contributed by atoms with Crippen molar-refractivity contribution in [2.75, 3.05) is 12.3 Å². The Labute approximate surface area is 124 Å². The molecule has 0 aromatic heterocycles. The van der Waals surface area contributed by atoms with E-state index in [0.29, 0.717) is 10.3 Å². The summed E-state index contributed by atoms with van der Waals surface area (Å²) in [6.45, 7) is 4.01. The summed E-state index contributed by atoms with van der Waals surface area (Å²) in [5.41, 5.74) is 1.39. The van der Waals surface area contributed by atoms with Crippen LogP contribution < -0.4 is 5.32 Å². The lowest BCUT2D eigenvalue weighted by Gasteiger charge is -2.23. The molecule has 2 N–H and O–H groups in total. The molecule has 0 bridgehead atoms. The van der Waals surface area contributed by atoms with E-state index in [1.807, 2.05) is 17.8 Å². The molecule has 0 aliphatic carbocycles. The van der Waals surface area contributed by atoms with Gasteiger partial charge in [-0.1, -0.05) is 12.1 Å². The van der Waals surface area contributed by atoms with Crippen LogP contribution in [0, 0.1) is 0 Å². The van der Waals surface area contributed by atoms with Gasteiger partial charge in [-0.05, 0) is 43.2 Å². The van der Waals surface area contributed by atoms with E-state index in [-0.39, 0.29) is 12.4 Å². The van der Waals surface area contributed by atoms with E-state index >= 15 is 0 Å². The van der Waals surface area contributed by atoms with Gasteiger partial charge in [0.25, 0.3) is 0 Å². The van der Waals surface area contributed by atoms with Crippen LogP contribution >= 0.6 is 24.2 Å². The van der Waals surface area contributed by atoms with Gasteiger partial charge in [0.2, 0.25) is 0 Å². The van der Waals surface area contributed by atoms with Gasteiger partial charge >= 0.3 is 5.97 Å². The van der Waals surface area contributed by atoms with Crippen molar-refractivity contribution in [3.8, 4) is 0 Å². The van der Waals surface area contributed by atoms with Crippen molar-refractivity contribution < 1.29 is 9.90 Å². The van der Waals surface area contributed by atoms with Gasteiger partial charge in [0, 0.05) is 17.8 Å². The Morgan fingerprint density at radius 2 is 2.32 bits per heavy atom. The fraction of sp³-hybridized carbons (Fsp3) is 0.500. The van der Waals surface area contributed by atoms with Gasteiger partial charge in [-0.25, -0.2) is 4.79 Å². The summed E-state index contributed by atoms with van der Waals surface area (Å²) in [7, 11) is 0. The predicted octanol–water partition coefficient (Wildman–Crippen LogP) is 3.18. The number of carboxylic acids is 1. The van der Waals surface area contributed by atoms with Crippen molar-refractivity contribution >= 4 is 30.1 Å². The van der Waals surface area contributed by atoms with Crippen molar-refractivity contribution in [3.63, 3.8) is 0 Å². The quantitative estimate of drug-likeness (QED) is 0.877. The van der Waals surface area contributed by atoms with E-state index < -0.39 is 5.97 Å². The highest BCUT2D eigenvalue weighted by Crippen LogP contribution is 2.36. The normalized spacial score (nSPS) is 21.9. The number of benzene rings is 1. The molecule has 0 spiro atoms. The highest BCUT2D eigenvalue weighted by Gasteiger charge is 2.28. The Kier molecular flexibility index (Phi) is 6.17. The Bertz CT molecular complexity index is 433. The summed E-state index contributed by atoms with van der Waals surface area (Å²) in [6, 6.07) is 7.12. The summed E-state index contributed by atoms with van der Waals surface area (Å²) >= 11 is 2.03. The zero-order valence-electron chi connectivity index (χ0n) is 11.0. The molecule has 19 heavy (non-hydrogen) atoms. The van der Waals surface area contributed by atoms with Crippen LogP contribution in [0.2, 0.25) is 0 Å². The standard InChI is InChI=1S/C14H19NO2S.ClH/c1-14(6-3-7-18-14)10-15-9-11-4-2-5-12(8-11)13(16)17;/h2,4-5,8,15H,3,6-7,9-10H2,1H3,(H,16,17);1H. The molecule has 1 unspecified atom stereocenters. The number of aromatic carboxylic acids is 1. The van der Waals surface area contributed by atoms with Crippen molar-refractivity contribution in [2.45, 2.75) is 31.1 Å². The maximum atomic E-state index is 10.9. The molecule has 1 heterocycles. The first-order chi connectivity index (χ1) is 8.59. The van der Waals surface area contributed by atoms with Crippen molar-refractivity contribution in [1.29, 1.82) is 0 Å². The molecule has 3 nitrogen and oxygen atoms in total. The largest absolute Gasteiger partial charge is 0.478 e. The summed E-state index contributed by atoms with van der Waals surface area (Å²) in [5, 5.41) is 12.4. The highest BCUT2D eigenvalue weighted by atomic mass is 35.5. The van der Waals surface area contributed by atoms with Crippen LogP contribution in [0.5, 0.6) is 0 Å². The van der Waals surface area contributed by atoms with Crippen LogP contribution in [-0.4, -0.2) is 28.1 Å². The zero-order chi connectivity index (χ0) is 13.0. The first kappa shape index (κ1) is 16.3. The third-order valence-corrected chi connectivity index (χ3v) is 4.84. The van der Waals surface area contributed by atoms with E-state index in [1.165, 1.54) is 18.6 Å². The molecule has 0 radical (unpaired) electrons. The topological polar surface area (TPSA) is 49.3 Å². The lowest BCUT2D eigenvalue weighted by Crippen LogP contribution is -2.32. The second-order valence-corrected chi connectivity index (χ2v) is 6.69. The number of halogens is 1. The maximum Gasteiger partial charge on any atom is 0.335 e.